The Balaban J connectivity index is 2.67. The highest BCUT2D eigenvalue weighted by Gasteiger charge is 2.11. The van der Waals surface area contributed by atoms with Crippen LogP contribution in [-0.2, 0) is 9.59 Å². The van der Waals surface area contributed by atoms with E-state index >= 15 is 0 Å². The Bertz CT molecular complexity index is 565. The molecule has 0 fully saturated rings. The zero-order valence-corrected chi connectivity index (χ0v) is 12.7. The standard InChI is InChI=1S/C13H13Cl2N3O3/c1-3-4-16-12(19)13(20)18-17-7-8-5-9(14)11(21-2)10(15)6-8/h3,5-7H,1,4H2,2H3,(H,16,19)(H,18,20)/b17-7-. The number of nitrogens with one attached hydrogen (secondary N) is 2. The van der Waals surface area contributed by atoms with E-state index in [0.717, 1.165) is 0 Å². The van der Waals surface area contributed by atoms with Gasteiger partial charge in [-0.1, -0.05) is 29.3 Å². The van der Waals surface area contributed by atoms with Gasteiger partial charge in [0.2, 0.25) is 0 Å². The van der Waals surface area contributed by atoms with Gasteiger partial charge >= 0.3 is 11.8 Å². The fourth-order valence-electron chi connectivity index (χ4n) is 1.31. The third-order valence-corrected chi connectivity index (χ3v) is 2.78. The van der Waals surface area contributed by atoms with Gasteiger partial charge in [-0.15, -0.1) is 6.58 Å². The Morgan fingerprint density at radius 3 is 2.48 bits per heavy atom. The molecule has 8 heteroatoms. The molecule has 0 spiro atoms. The van der Waals surface area contributed by atoms with Gasteiger partial charge in [0, 0.05) is 6.54 Å². The first-order valence-corrected chi connectivity index (χ1v) is 6.50. The summed E-state index contributed by atoms with van der Waals surface area (Å²) in [6, 6.07) is 3.11. The molecule has 0 unspecified atom stereocenters. The Morgan fingerprint density at radius 1 is 1.33 bits per heavy atom. The lowest BCUT2D eigenvalue weighted by atomic mass is 10.2. The molecule has 0 radical (unpaired) electrons. The van der Waals surface area contributed by atoms with Gasteiger partial charge in [0.1, 0.15) is 0 Å². The molecule has 0 aromatic heterocycles. The number of benzene rings is 1. The van der Waals surface area contributed by atoms with Crippen molar-refractivity contribution < 1.29 is 14.3 Å². The third kappa shape index (κ3) is 5.09. The molecule has 0 aliphatic heterocycles. The summed E-state index contributed by atoms with van der Waals surface area (Å²) in [7, 11) is 1.45. The molecule has 0 saturated carbocycles. The van der Waals surface area contributed by atoms with Crippen LogP contribution in [0, 0.1) is 0 Å². The third-order valence-electron chi connectivity index (χ3n) is 2.22. The number of carbonyl (C=O) groups excluding carboxylic acids is 2. The van der Waals surface area contributed by atoms with Crippen molar-refractivity contribution in [2.75, 3.05) is 13.7 Å². The van der Waals surface area contributed by atoms with Gasteiger partial charge in [-0.05, 0) is 17.7 Å². The van der Waals surface area contributed by atoms with Crippen LogP contribution < -0.4 is 15.5 Å². The summed E-state index contributed by atoms with van der Waals surface area (Å²) in [5, 5.41) is 6.57. The normalized spacial score (nSPS) is 10.2. The second-order valence-corrected chi connectivity index (χ2v) is 4.53. The maximum Gasteiger partial charge on any atom is 0.329 e. The number of hydrogen-bond donors (Lipinski definition) is 2. The van der Waals surface area contributed by atoms with E-state index < -0.39 is 11.8 Å². The Hall–Kier alpha value is -2.05. The van der Waals surface area contributed by atoms with Crippen LogP contribution in [0.15, 0.2) is 29.9 Å². The van der Waals surface area contributed by atoms with Crippen LogP contribution >= 0.6 is 23.2 Å². The van der Waals surface area contributed by atoms with Gasteiger partial charge in [0.15, 0.2) is 5.75 Å². The van der Waals surface area contributed by atoms with E-state index in [-0.39, 0.29) is 6.54 Å². The van der Waals surface area contributed by atoms with E-state index in [9.17, 15) is 9.59 Å². The van der Waals surface area contributed by atoms with Crippen molar-refractivity contribution in [3.8, 4) is 5.75 Å². The maximum absolute atomic E-state index is 11.3. The molecule has 0 aliphatic carbocycles. The minimum atomic E-state index is -0.890. The number of ether oxygens (including phenoxy) is 1. The highest BCUT2D eigenvalue weighted by atomic mass is 35.5. The first-order valence-electron chi connectivity index (χ1n) is 5.74. The molecule has 1 aromatic rings. The van der Waals surface area contributed by atoms with Crippen LogP contribution in [0.3, 0.4) is 0 Å². The van der Waals surface area contributed by atoms with E-state index in [1.54, 1.807) is 12.1 Å². The largest absolute Gasteiger partial charge is 0.494 e. The summed E-state index contributed by atoms with van der Waals surface area (Å²) in [4.78, 5) is 22.6. The van der Waals surface area contributed by atoms with Gasteiger partial charge in [-0.25, -0.2) is 5.43 Å². The van der Waals surface area contributed by atoms with E-state index in [2.05, 4.69) is 22.4 Å². The molecule has 1 aromatic carbocycles. The van der Waals surface area contributed by atoms with Crippen molar-refractivity contribution in [1.29, 1.82) is 0 Å². The number of rotatable bonds is 5. The number of carbonyl (C=O) groups is 2. The first-order chi connectivity index (χ1) is 9.99. The molecule has 0 heterocycles. The smallest absolute Gasteiger partial charge is 0.329 e. The van der Waals surface area contributed by atoms with E-state index in [4.69, 9.17) is 27.9 Å². The minimum Gasteiger partial charge on any atom is -0.494 e. The molecule has 21 heavy (non-hydrogen) atoms. The first kappa shape index (κ1) is 17.0. The monoisotopic (exact) mass is 329 g/mol. The van der Waals surface area contributed by atoms with Crippen molar-refractivity contribution in [1.82, 2.24) is 10.7 Å². The quantitative estimate of drug-likeness (QED) is 0.374. The molecule has 0 saturated heterocycles. The Kier molecular flexibility index (Phi) is 6.71. The lowest BCUT2D eigenvalue weighted by molar-refractivity contribution is -0.139. The van der Waals surface area contributed by atoms with E-state index in [0.29, 0.717) is 21.4 Å². The zero-order chi connectivity index (χ0) is 15.8. The number of methoxy groups -OCH3 is 1. The lowest BCUT2D eigenvalue weighted by Gasteiger charge is -2.06. The van der Waals surface area contributed by atoms with Crippen molar-refractivity contribution in [3.05, 3.63) is 40.4 Å². The SMILES string of the molecule is C=CCNC(=O)C(=O)N/N=C\c1cc(Cl)c(OC)c(Cl)c1. The minimum absolute atomic E-state index is 0.194. The average Bonchev–Trinajstić information content (AvgIpc) is 2.44. The van der Waals surface area contributed by atoms with Gasteiger partial charge in [0.25, 0.3) is 0 Å². The highest BCUT2D eigenvalue weighted by molar-refractivity contribution is 6.37. The second kappa shape index (κ2) is 8.28. The predicted molar refractivity (Wildman–Crippen MR) is 82.0 cm³/mol. The van der Waals surface area contributed by atoms with Crippen LogP contribution in [0.5, 0.6) is 5.75 Å². The molecule has 1 rings (SSSR count). The molecule has 0 bridgehead atoms. The molecule has 0 atom stereocenters. The van der Waals surface area contributed by atoms with Crippen molar-refractivity contribution in [3.63, 3.8) is 0 Å². The Labute approximate surface area is 131 Å². The van der Waals surface area contributed by atoms with Crippen molar-refractivity contribution in [2.45, 2.75) is 0 Å². The summed E-state index contributed by atoms with van der Waals surface area (Å²) in [6.45, 7) is 3.61. The van der Waals surface area contributed by atoms with E-state index in [1.807, 2.05) is 0 Å². The lowest BCUT2D eigenvalue weighted by Crippen LogP contribution is -2.37. The molecular weight excluding hydrogens is 317 g/mol. The molecular formula is C13H13Cl2N3O3. The van der Waals surface area contributed by atoms with Gasteiger partial charge < -0.3 is 10.1 Å². The van der Waals surface area contributed by atoms with Gasteiger partial charge in [0.05, 0.1) is 23.4 Å². The predicted octanol–water partition coefficient (Wildman–Crippen LogP) is 1.75. The molecule has 0 aliphatic rings. The number of hydrazone groups is 1. The van der Waals surface area contributed by atoms with Crippen LogP contribution in [0.25, 0.3) is 0 Å². The van der Waals surface area contributed by atoms with Crippen molar-refractivity contribution in [2.24, 2.45) is 5.10 Å². The summed E-state index contributed by atoms with van der Waals surface area (Å²) < 4.78 is 5.00. The average molecular weight is 330 g/mol. The molecule has 6 nitrogen and oxygen atoms in total. The second-order valence-electron chi connectivity index (χ2n) is 3.72. The summed E-state index contributed by atoms with van der Waals surface area (Å²) >= 11 is 11.9. The zero-order valence-electron chi connectivity index (χ0n) is 11.2. The fourth-order valence-corrected chi connectivity index (χ4v) is 1.97. The number of nitrogens with zero attached hydrogens (tertiary/aromatic N) is 1. The highest BCUT2D eigenvalue weighted by Crippen LogP contribution is 2.33. The molecule has 2 N–H and O–H groups in total. The van der Waals surface area contributed by atoms with Crippen LogP contribution in [0.4, 0.5) is 0 Å². The summed E-state index contributed by atoms with van der Waals surface area (Å²) in [5.74, 6) is -1.35. The van der Waals surface area contributed by atoms with E-state index in [1.165, 1.54) is 19.4 Å². The van der Waals surface area contributed by atoms with Crippen LogP contribution in [0.2, 0.25) is 10.0 Å². The topological polar surface area (TPSA) is 79.8 Å². The summed E-state index contributed by atoms with van der Waals surface area (Å²) in [5.41, 5.74) is 2.61. The summed E-state index contributed by atoms with van der Waals surface area (Å²) in [6.07, 6.45) is 2.76. The Morgan fingerprint density at radius 2 is 1.95 bits per heavy atom. The van der Waals surface area contributed by atoms with Gasteiger partial charge in [-0.3, -0.25) is 9.59 Å². The molecule has 112 valence electrons. The number of hydrogen-bond acceptors (Lipinski definition) is 4. The number of amides is 2. The number of halogens is 2. The van der Waals surface area contributed by atoms with Gasteiger partial charge in [-0.2, -0.15) is 5.10 Å². The fraction of sp³-hybridized carbons (Fsp3) is 0.154. The maximum atomic E-state index is 11.3. The van der Waals surface area contributed by atoms with Crippen LogP contribution in [-0.4, -0.2) is 31.7 Å². The van der Waals surface area contributed by atoms with Crippen molar-refractivity contribution >= 4 is 41.2 Å². The molecule has 2 amide bonds. The van der Waals surface area contributed by atoms with Crippen LogP contribution in [0.1, 0.15) is 5.56 Å².